The predicted molar refractivity (Wildman–Crippen MR) is 81.2 cm³/mol. The smallest absolute Gasteiger partial charge is 0.225 e. The number of fused-ring (bicyclic) bond motifs is 1. The number of unbranched alkanes of at least 4 members (excludes halogenated alkanes) is 3. The fourth-order valence-corrected chi connectivity index (χ4v) is 3.05. The van der Waals surface area contributed by atoms with Crippen LogP contribution in [0.3, 0.4) is 0 Å². The number of anilines is 1. The van der Waals surface area contributed by atoms with Crippen LogP contribution < -0.4 is 5.32 Å². The summed E-state index contributed by atoms with van der Waals surface area (Å²) in [6.45, 7) is 3.20. The Balaban J connectivity index is 1.96. The number of hydrogen-bond donors (Lipinski definition) is 2. The van der Waals surface area contributed by atoms with E-state index < -0.39 is 0 Å². The summed E-state index contributed by atoms with van der Waals surface area (Å²) in [4.78, 5) is 10.6. The second-order valence-electron chi connectivity index (χ2n) is 4.48. The van der Waals surface area contributed by atoms with Crippen LogP contribution in [0.1, 0.15) is 30.6 Å². The minimum atomic E-state index is 0.281. The van der Waals surface area contributed by atoms with Gasteiger partial charge in [-0.2, -0.15) is 0 Å². The van der Waals surface area contributed by atoms with E-state index in [0.717, 1.165) is 48.3 Å². The second kappa shape index (κ2) is 7.03. The molecule has 0 aliphatic carbocycles. The van der Waals surface area contributed by atoms with Crippen LogP contribution in [0.15, 0.2) is 6.07 Å². The van der Waals surface area contributed by atoms with E-state index in [1.807, 2.05) is 0 Å². The molecule has 2 heterocycles. The molecule has 19 heavy (non-hydrogen) atoms. The van der Waals surface area contributed by atoms with Gasteiger partial charge >= 0.3 is 0 Å². The Hall–Kier alpha value is -0.910. The molecule has 0 atom stereocenters. The lowest BCUT2D eigenvalue weighted by atomic mass is 10.2. The highest BCUT2D eigenvalue weighted by atomic mass is 35.5. The number of aliphatic hydroxyl groups is 1. The zero-order valence-corrected chi connectivity index (χ0v) is 12.5. The Bertz CT molecular complexity index is 544. The quantitative estimate of drug-likeness (QED) is 0.605. The monoisotopic (exact) mass is 299 g/mol. The molecule has 0 aliphatic heterocycles. The van der Waals surface area contributed by atoms with Gasteiger partial charge < -0.3 is 10.4 Å². The lowest BCUT2D eigenvalue weighted by Crippen LogP contribution is -2.04. The number of halogens is 1. The largest absolute Gasteiger partial charge is 0.396 e. The number of hydrogen-bond acceptors (Lipinski definition) is 5. The fraction of sp³-hybridized carbons (Fsp3) is 0.538. The molecule has 0 aliphatic rings. The molecule has 0 aromatic carbocycles. The topological polar surface area (TPSA) is 58.0 Å². The van der Waals surface area contributed by atoms with E-state index in [4.69, 9.17) is 16.7 Å². The highest BCUT2D eigenvalue weighted by molar-refractivity contribution is 7.18. The van der Waals surface area contributed by atoms with Gasteiger partial charge in [-0.15, -0.1) is 11.3 Å². The molecule has 0 radical (unpaired) electrons. The highest BCUT2D eigenvalue weighted by Crippen LogP contribution is 2.29. The summed E-state index contributed by atoms with van der Waals surface area (Å²) in [5, 5.41) is 13.4. The van der Waals surface area contributed by atoms with Gasteiger partial charge in [0.15, 0.2) is 0 Å². The van der Waals surface area contributed by atoms with Gasteiger partial charge in [-0.05, 0) is 37.4 Å². The summed E-state index contributed by atoms with van der Waals surface area (Å²) in [7, 11) is 0. The third-order valence-corrected chi connectivity index (χ3v) is 3.98. The van der Waals surface area contributed by atoms with Crippen LogP contribution in [0.2, 0.25) is 5.28 Å². The molecule has 2 rings (SSSR count). The van der Waals surface area contributed by atoms with Crippen molar-refractivity contribution in [3.63, 3.8) is 0 Å². The van der Waals surface area contributed by atoms with Crippen molar-refractivity contribution in [1.29, 1.82) is 0 Å². The molecule has 104 valence electrons. The summed E-state index contributed by atoms with van der Waals surface area (Å²) >= 11 is 7.56. The van der Waals surface area contributed by atoms with Crippen molar-refractivity contribution in [1.82, 2.24) is 9.97 Å². The Kier molecular flexibility index (Phi) is 5.36. The van der Waals surface area contributed by atoms with Crippen molar-refractivity contribution in [2.24, 2.45) is 0 Å². The van der Waals surface area contributed by atoms with Gasteiger partial charge in [0, 0.05) is 18.0 Å². The number of aryl methyl sites for hydroxylation is 1. The minimum Gasteiger partial charge on any atom is -0.396 e. The maximum atomic E-state index is 8.71. The Morgan fingerprint density at radius 2 is 2.05 bits per heavy atom. The van der Waals surface area contributed by atoms with E-state index in [1.54, 1.807) is 11.3 Å². The number of aromatic nitrogens is 2. The second-order valence-corrected chi connectivity index (χ2v) is 6.05. The lowest BCUT2D eigenvalue weighted by Gasteiger charge is -2.06. The van der Waals surface area contributed by atoms with Crippen LogP contribution >= 0.6 is 22.9 Å². The molecule has 6 heteroatoms. The Morgan fingerprint density at radius 1 is 1.26 bits per heavy atom. The van der Waals surface area contributed by atoms with Crippen molar-refractivity contribution in [2.45, 2.75) is 32.6 Å². The van der Waals surface area contributed by atoms with Crippen molar-refractivity contribution in [3.05, 3.63) is 16.2 Å². The Morgan fingerprint density at radius 3 is 2.84 bits per heavy atom. The maximum Gasteiger partial charge on any atom is 0.225 e. The van der Waals surface area contributed by atoms with Crippen molar-refractivity contribution in [2.75, 3.05) is 18.5 Å². The number of rotatable bonds is 7. The first-order valence-corrected chi connectivity index (χ1v) is 7.68. The maximum absolute atomic E-state index is 8.71. The molecule has 4 nitrogen and oxygen atoms in total. The molecule has 0 bridgehead atoms. The zero-order chi connectivity index (χ0) is 13.7. The van der Waals surface area contributed by atoms with Crippen LogP contribution in [0.25, 0.3) is 10.2 Å². The standard InChI is InChI=1S/C13H18ClN3OS/c1-9-8-10-11(15-6-4-2-3-5-7-18)16-13(14)17-12(10)19-9/h8,18H,2-7H2,1H3,(H,15,16,17). The number of aliphatic hydroxyl groups excluding tert-OH is 1. The first-order valence-electron chi connectivity index (χ1n) is 6.49. The van der Waals surface area contributed by atoms with Gasteiger partial charge in [-0.1, -0.05) is 12.8 Å². The SMILES string of the molecule is Cc1cc2c(NCCCCCCO)nc(Cl)nc2s1. The van der Waals surface area contributed by atoms with E-state index in [2.05, 4.69) is 28.3 Å². The molecule has 0 saturated carbocycles. The van der Waals surface area contributed by atoms with Crippen molar-refractivity contribution < 1.29 is 5.11 Å². The normalized spacial score (nSPS) is 11.1. The van der Waals surface area contributed by atoms with E-state index >= 15 is 0 Å². The van der Waals surface area contributed by atoms with E-state index in [-0.39, 0.29) is 11.9 Å². The van der Waals surface area contributed by atoms with Crippen LogP contribution in [0.4, 0.5) is 5.82 Å². The van der Waals surface area contributed by atoms with E-state index in [9.17, 15) is 0 Å². The average molecular weight is 300 g/mol. The first kappa shape index (κ1) is 14.5. The van der Waals surface area contributed by atoms with E-state index in [1.165, 1.54) is 4.88 Å². The highest BCUT2D eigenvalue weighted by Gasteiger charge is 2.08. The molecule has 2 aromatic heterocycles. The van der Waals surface area contributed by atoms with Crippen molar-refractivity contribution in [3.8, 4) is 0 Å². The van der Waals surface area contributed by atoms with Crippen LogP contribution in [0, 0.1) is 6.92 Å². The average Bonchev–Trinajstić information content (AvgIpc) is 2.73. The summed E-state index contributed by atoms with van der Waals surface area (Å²) in [6, 6.07) is 2.09. The zero-order valence-electron chi connectivity index (χ0n) is 10.9. The van der Waals surface area contributed by atoms with Crippen LogP contribution in [-0.2, 0) is 0 Å². The number of nitrogens with one attached hydrogen (secondary N) is 1. The predicted octanol–water partition coefficient (Wildman–Crippen LogP) is 3.62. The molecule has 0 unspecified atom stereocenters. The molecular weight excluding hydrogens is 282 g/mol. The third kappa shape index (κ3) is 4.03. The fourth-order valence-electron chi connectivity index (χ4n) is 1.95. The van der Waals surface area contributed by atoms with Gasteiger partial charge in [-0.3, -0.25) is 0 Å². The molecule has 2 aromatic rings. The third-order valence-electron chi connectivity index (χ3n) is 2.87. The Labute approximate surface area is 121 Å². The van der Waals surface area contributed by atoms with Gasteiger partial charge in [-0.25, -0.2) is 9.97 Å². The van der Waals surface area contributed by atoms with Crippen LogP contribution in [-0.4, -0.2) is 28.2 Å². The number of thiophene rings is 1. The minimum absolute atomic E-state index is 0.281. The summed E-state index contributed by atoms with van der Waals surface area (Å²) in [5.74, 6) is 0.821. The molecule has 0 saturated heterocycles. The molecule has 0 fully saturated rings. The first-order chi connectivity index (χ1) is 9.20. The summed E-state index contributed by atoms with van der Waals surface area (Å²) in [6.07, 6.45) is 4.12. The molecule has 0 amide bonds. The van der Waals surface area contributed by atoms with E-state index in [0.29, 0.717) is 0 Å². The van der Waals surface area contributed by atoms with Gasteiger partial charge in [0.05, 0.1) is 5.39 Å². The van der Waals surface area contributed by atoms with Gasteiger partial charge in [0.2, 0.25) is 5.28 Å². The van der Waals surface area contributed by atoms with Crippen molar-refractivity contribution >= 4 is 39.0 Å². The summed E-state index contributed by atoms with van der Waals surface area (Å²) < 4.78 is 0. The van der Waals surface area contributed by atoms with Crippen LogP contribution in [0.5, 0.6) is 0 Å². The number of nitrogens with zero attached hydrogens (tertiary/aromatic N) is 2. The van der Waals surface area contributed by atoms with Gasteiger partial charge in [0.1, 0.15) is 10.6 Å². The molecular formula is C13H18ClN3OS. The molecule has 2 N–H and O–H groups in total. The van der Waals surface area contributed by atoms with Gasteiger partial charge in [0.25, 0.3) is 0 Å². The molecule has 0 spiro atoms. The lowest BCUT2D eigenvalue weighted by molar-refractivity contribution is 0.283. The summed E-state index contributed by atoms with van der Waals surface area (Å²) in [5.41, 5.74) is 0.